The lowest BCUT2D eigenvalue weighted by Gasteiger charge is -2.13. The van der Waals surface area contributed by atoms with Crippen molar-refractivity contribution >= 4 is 17.6 Å². The summed E-state index contributed by atoms with van der Waals surface area (Å²) in [5.74, 6) is 1.04. The molecule has 0 amide bonds. The molecule has 1 aromatic heterocycles. The first-order valence-corrected chi connectivity index (χ1v) is 6.68. The number of nitrogens with two attached hydrogens (primary N) is 1. The number of oxime groups is 1. The Hall–Kier alpha value is -1.27. The zero-order chi connectivity index (χ0) is 13.7. The molecule has 0 fully saturated rings. The summed E-state index contributed by atoms with van der Waals surface area (Å²) >= 11 is 1.58. The normalized spacial score (nSPS) is 13.7. The SMILES string of the molecule is Cc1cc(SCC(C)CO)c(/C(N)=N/O)c(C)n1. The monoisotopic (exact) mass is 269 g/mol. The lowest BCUT2D eigenvalue weighted by molar-refractivity contribution is 0.250. The van der Waals surface area contributed by atoms with Crippen LogP contribution in [0.3, 0.4) is 0 Å². The average molecular weight is 269 g/mol. The van der Waals surface area contributed by atoms with Gasteiger partial charge in [0.2, 0.25) is 0 Å². The Balaban J connectivity index is 3.08. The lowest BCUT2D eigenvalue weighted by atomic mass is 10.1. The summed E-state index contributed by atoms with van der Waals surface area (Å²) in [5, 5.41) is 20.9. The molecule has 0 spiro atoms. The van der Waals surface area contributed by atoms with Crippen molar-refractivity contribution < 1.29 is 10.3 Å². The highest BCUT2D eigenvalue weighted by molar-refractivity contribution is 7.99. The number of aromatic nitrogens is 1. The number of aliphatic hydroxyl groups excluding tert-OH is 1. The number of hydrogen-bond donors (Lipinski definition) is 3. The van der Waals surface area contributed by atoms with Gasteiger partial charge in [-0.2, -0.15) is 0 Å². The molecule has 1 atom stereocenters. The fourth-order valence-corrected chi connectivity index (χ4v) is 2.77. The van der Waals surface area contributed by atoms with Crippen LogP contribution in [0.5, 0.6) is 0 Å². The molecule has 0 bridgehead atoms. The molecule has 0 aliphatic carbocycles. The summed E-state index contributed by atoms with van der Waals surface area (Å²) in [6.45, 7) is 5.86. The quantitative estimate of drug-likeness (QED) is 0.248. The van der Waals surface area contributed by atoms with E-state index in [1.54, 1.807) is 11.8 Å². The van der Waals surface area contributed by atoms with Crippen molar-refractivity contribution in [2.45, 2.75) is 25.7 Å². The van der Waals surface area contributed by atoms with E-state index >= 15 is 0 Å². The number of hydrogen-bond acceptors (Lipinski definition) is 5. The van der Waals surface area contributed by atoms with Gasteiger partial charge in [-0.25, -0.2) is 0 Å². The van der Waals surface area contributed by atoms with Gasteiger partial charge in [0.25, 0.3) is 0 Å². The minimum atomic E-state index is 0.0687. The molecule has 0 aliphatic heterocycles. The Morgan fingerprint density at radius 3 is 2.78 bits per heavy atom. The Morgan fingerprint density at radius 2 is 2.22 bits per heavy atom. The fourth-order valence-electron chi connectivity index (χ4n) is 1.55. The van der Waals surface area contributed by atoms with Crippen LogP contribution in [-0.4, -0.2) is 33.5 Å². The largest absolute Gasteiger partial charge is 0.409 e. The Morgan fingerprint density at radius 1 is 1.56 bits per heavy atom. The maximum absolute atomic E-state index is 9.03. The number of aryl methyl sites for hydroxylation is 2. The molecule has 4 N–H and O–H groups in total. The molecule has 100 valence electrons. The number of thioether (sulfide) groups is 1. The molecule has 1 heterocycles. The number of aliphatic hydroxyl groups is 1. The van der Waals surface area contributed by atoms with E-state index in [9.17, 15) is 0 Å². The topological polar surface area (TPSA) is 91.7 Å². The van der Waals surface area contributed by atoms with Crippen LogP contribution in [0.25, 0.3) is 0 Å². The minimum Gasteiger partial charge on any atom is -0.409 e. The second-order valence-corrected chi connectivity index (χ2v) is 5.37. The van der Waals surface area contributed by atoms with Crippen molar-refractivity contribution in [3.05, 3.63) is 23.0 Å². The summed E-state index contributed by atoms with van der Waals surface area (Å²) in [7, 11) is 0. The van der Waals surface area contributed by atoms with Crippen molar-refractivity contribution in [1.29, 1.82) is 0 Å². The van der Waals surface area contributed by atoms with Gasteiger partial charge < -0.3 is 16.0 Å². The van der Waals surface area contributed by atoms with Gasteiger partial charge >= 0.3 is 0 Å². The number of amidine groups is 1. The van der Waals surface area contributed by atoms with Gasteiger partial charge in [0.15, 0.2) is 5.84 Å². The lowest BCUT2D eigenvalue weighted by Crippen LogP contribution is -2.17. The summed E-state index contributed by atoms with van der Waals surface area (Å²) < 4.78 is 0. The van der Waals surface area contributed by atoms with E-state index in [1.807, 2.05) is 26.8 Å². The third-order valence-electron chi connectivity index (χ3n) is 2.49. The maximum Gasteiger partial charge on any atom is 0.173 e. The Kier molecular flexibility index (Phi) is 5.43. The second-order valence-electron chi connectivity index (χ2n) is 4.31. The molecular weight excluding hydrogens is 250 g/mol. The van der Waals surface area contributed by atoms with Gasteiger partial charge in [-0.05, 0) is 25.8 Å². The molecule has 1 aromatic rings. The highest BCUT2D eigenvalue weighted by atomic mass is 32.2. The van der Waals surface area contributed by atoms with E-state index in [1.165, 1.54) is 0 Å². The highest BCUT2D eigenvalue weighted by Gasteiger charge is 2.14. The molecule has 0 radical (unpaired) electrons. The first kappa shape index (κ1) is 14.8. The van der Waals surface area contributed by atoms with E-state index in [-0.39, 0.29) is 18.4 Å². The molecule has 0 saturated carbocycles. The minimum absolute atomic E-state index is 0.0687. The molecule has 6 heteroatoms. The molecule has 1 unspecified atom stereocenters. The van der Waals surface area contributed by atoms with Crippen LogP contribution in [0, 0.1) is 19.8 Å². The van der Waals surface area contributed by atoms with Gasteiger partial charge in [0, 0.05) is 28.6 Å². The standard InChI is InChI=1S/C12H19N3O2S/c1-7(5-16)6-18-10-4-8(2)14-9(3)11(10)12(13)15-17/h4,7,16-17H,5-6H2,1-3H3,(H2,13,15). The van der Waals surface area contributed by atoms with Crippen LogP contribution in [0.2, 0.25) is 0 Å². The van der Waals surface area contributed by atoms with Crippen molar-refractivity contribution in [1.82, 2.24) is 4.98 Å². The van der Waals surface area contributed by atoms with Crippen LogP contribution in [0.4, 0.5) is 0 Å². The zero-order valence-electron chi connectivity index (χ0n) is 10.8. The number of rotatable bonds is 5. The second kappa shape index (κ2) is 6.61. The van der Waals surface area contributed by atoms with E-state index in [0.29, 0.717) is 5.56 Å². The summed E-state index contributed by atoms with van der Waals surface area (Å²) in [5.41, 5.74) is 7.98. The van der Waals surface area contributed by atoms with Gasteiger partial charge in [-0.15, -0.1) is 11.8 Å². The van der Waals surface area contributed by atoms with Gasteiger partial charge in [0.05, 0.1) is 5.56 Å². The van der Waals surface area contributed by atoms with E-state index in [4.69, 9.17) is 16.0 Å². The highest BCUT2D eigenvalue weighted by Crippen LogP contribution is 2.27. The Bertz CT molecular complexity index is 449. The van der Waals surface area contributed by atoms with Crippen molar-refractivity contribution in [2.24, 2.45) is 16.8 Å². The number of nitrogens with zero attached hydrogens (tertiary/aromatic N) is 2. The Labute approximate surface area is 111 Å². The molecule has 1 rings (SSSR count). The summed E-state index contributed by atoms with van der Waals surface area (Å²) in [4.78, 5) is 5.24. The molecule has 5 nitrogen and oxygen atoms in total. The van der Waals surface area contributed by atoms with E-state index in [2.05, 4.69) is 10.1 Å². The van der Waals surface area contributed by atoms with Crippen LogP contribution < -0.4 is 5.73 Å². The molecule has 0 aliphatic rings. The van der Waals surface area contributed by atoms with Crippen LogP contribution >= 0.6 is 11.8 Å². The zero-order valence-corrected chi connectivity index (χ0v) is 11.7. The third-order valence-corrected chi connectivity index (χ3v) is 3.86. The predicted octanol–water partition coefficient (Wildman–Crippen LogP) is 1.51. The summed E-state index contributed by atoms with van der Waals surface area (Å²) in [6.07, 6.45) is 0. The number of pyridine rings is 1. The van der Waals surface area contributed by atoms with Crippen molar-refractivity contribution in [2.75, 3.05) is 12.4 Å². The summed E-state index contributed by atoms with van der Waals surface area (Å²) in [6, 6.07) is 1.91. The molecular formula is C12H19N3O2S. The van der Waals surface area contributed by atoms with Crippen molar-refractivity contribution in [3.8, 4) is 0 Å². The first-order chi connectivity index (χ1) is 8.49. The predicted molar refractivity (Wildman–Crippen MR) is 73.2 cm³/mol. The fraction of sp³-hybridized carbons (Fsp3) is 0.500. The van der Waals surface area contributed by atoms with Crippen LogP contribution in [0.15, 0.2) is 16.1 Å². The van der Waals surface area contributed by atoms with Gasteiger partial charge in [-0.3, -0.25) is 4.98 Å². The first-order valence-electron chi connectivity index (χ1n) is 5.69. The molecule has 0 aromatic carbocycles. The average Bonchev–Trinajstić information content (AvgIpc) is 2.34. The molecule has 0 saturated heterocycles. The maximum atomic E-state index is 9.03. The van der Waals surface area contributed by atoms with Crippen LogP contribution in [-0.2, 0) is 0 Å². The van der Waals surface area contributed by atoms with E-state index in [0.717, 1.165) is 22.0 Å². The van der Waals surface area contributed by atoms with Crippen molar-refractivity contribution in [3.63, 3.8) is 0 Å². The van der Waals surface area contributed by atoms with Gasteiger partial charge in [0.1, 0.15) is 0 Å². The smallest absolute Gasteiger partial charge is 0.173 e. The van der Waals surface area contributed by atoms with Gasteiger partial charge in [-0.1, -0.05) is 12.1 Å². The third kappa shape index (κ3) is 3.61. The van der Waals surface area contributed by atoms with Crippen LogP contribution in [0.1, 0.15) is 23.9 Å². The van der Waals surface area contributed by atoms with E-state index < -0.39 is 0 Å². The molecule has 18 heavy (non-hydrogen) atoms.